The predicted octanol–water partition coefficient (Wildman–Crippen LogP) is 4.34. The van der Waals surface area contributed by atoms with Gasteiger partial charge < -0.3 is 14.4 Å². The third-order valence-corrected chi connectivity index (χ3v) is 6.65. The highest BCUT2D eigenvalue weighted by Crippen LogP contribution is 2.40. The summed E-state index contributed by atoms with van der Waals surface area (Å²) in [6.45, 7) is 7.67. The summed E-state index contributed by atoms with van der Waals surface area (Å²) < 4.78 is 10.8. The summed E-state index contributed by atoms with van der Waals surface area (Å²) in [7, 11) is 3.14. The van der Waals surface area contributed by atoms with E-state index >= 15 is 0 Å². The van der Waals surface area contributed by atoms with Crippen molar-refractivity contribution in [3.63, 3.8) is 0 Å². The Kier molecular flexibility index (Phi) is 5.96. The number of ether oxygens (including phenoxy) is 2. The Morgan fingerprint density at radius 2 is 1.59 bits per heavy atom. The van der Waals surface area contributed by atoms with Crippen LogP contribution in [-0.2, 0) is 9.59 Å². The first-order chi connectivity index (χ1) is 15.4. The SMILES string of the molecule is COc1ccc(C2=C(N3CCC(C)CC3)C(=O)N(c3cccc(C)c3C)C2=O)cc1OC. The molecule has 2 amide bonds. The van der Waals surface area contributed by atoms with Crippen molar-refractivity contribution in [1.29, 1.82) is 0 Å². The Hall–Kier alpha value is -3.28. The summed E-state index contributed by atoms with van der Waals surface area (Å²) >= 11 is 0. The number of piperidine rings is 1. The molecule has 32 heavy (non-hydrogen) atoms. The van der Waals surface area contributed by atoms with Gasteiger partial charge in [-0.2, -0.15) is 0 Å². The van der Waals surface area contributed by atoms with Gasteiger partial charge in [-0.05, 0) is 67.5 Å². The second-order valence-corrected chi connectivity index (χ2v) is 8.63. The molecule has 0 unspecified atom stereocenters. The highest BCUT2D eigenvalue weighted by molar-refractivity contribution is 6.45. The van der Waals surface area contributed by atoms with Crippen molar-refractivity contribution in [2.75, 3.05) is 32.2 Å². The number of likely N-dealkylation sites (tertiary alicyclic amines) is 1. The lowest BCUT2D eigenvalue weighted by Crippen LogP contribution is -2.38. The maximum atomic E-state index is 13.8. The fourth-order valence-corrected chi connectivity index (χ4v) is 4.49. The molecule has 0 atom stereocenters. The first-order valence-electron chi connectivity index (χ1n) is 11.0. The Balaban J connectivity index is 1.86. The van der Waals surface area contributed by atoms with Crippen LogP contribution in [0.4, 0.5) is 5.69 Å². The summed E-state index contributed by atoms with van der Waals surface area (Å²) in [5.41, 5.74) is 4.16. The number of imide groups is 1. The van der Waals surface area contributed by atoms with Crippen LogP contribution in [0.15, 0.2) is 42.1 Å². The minimum absolute atomic E-state index is 0.261. The van der Waals surface area contributed by atoms with Crippen LogP contribution in [0, 0.1) is 19.8 Å². The number of nitrogens with zero attached hydrogens (tertiary/aromatic N) is 2. The molecule has 0 saturated carbocycles. The number of aryl methyl sites for hydroxylation is 1. The van der Waals surface area contributed by atoms with Crippen molar-refractivity contribution < 1.29 is 19.1 Å². The van der Waals surface area contributed by atoms with Crippen molar-refractivity contribution in [3.8, 4) is 11.5 Å². The Morgan fingerprint density at radius 3 is 2.25 bits per heavy atom. The van der Waals surface area contributed by atoms with Gasteiger partial charge in [0.05, 0.1) is 25.5 Å². The zero-order chi connectivity index (χ0) is 23.0. The molecule has 0 aromatic heterocycles. The summed E-state index contributed by atoms with van der Waals surface area (Å²) in [4.78, 5) is 31.0. The van der Waals surface area contributed by atoms with Gasteiger partial charge in [0.1, 0.15) is 5.70 Å². The molecule has 2 heterocycles. The fraction of sp³-hybridized carbons (Fsp3) is 0.385. The van der Waals surface area contributed by atoms with E-state index in [1.165, 1.54) is 4.90 Å². The average Bonchev–Trinajstić information content (AvgIpc) is 3.05. The van der Waals surface area contributed by atoms with Crippen LogP contribution in [0.3, 0.4) is 0 Å². The number of hydrogen-bond acceptors (Lipinski definition) is 5. The van der Waals surface area contributed by atoms with Gasteiger partial charge in [0, 0.05) is 13.1 Å². The van der Waals surface area contributed by atoms with Crippen LogP contribution in [-0.4, -0.2) is 44.0 Å². The van der Waals surface area contributed by atoms with Crippen molar-refractivity contribution >= 4 is 23.1 Å². The lowest BCUT2D eigenvalue weighted by Gasteiger charge is -2.32. The maximum absolute atomic E-state index is 13.8. The second kappa shape index (κ2) is 8.69. The number of carbonyl (C=O) groups excluding carboxylic acids is 2. The molecule has 1 saturated heterocycles. The first kappa shape index (κ1) is 21.9. The van der Waals surface area contributed by atoms with Gasteiger partial charge >= 0.3 is 0 Å². The monoisotopic (exact) mass is 434 g/mol. The van der Waals surface area contributed by atoms with E-state index in [2.05, 4.69) is 11.8 Å². The van der Waals surface area contributed by atoms with Crippen LogP contribution in [0.25, 0.3) is 5.57 Å². The number of hydrogen-bond donors (Lipinski definition) is 0. The van der Waals surface area contributed by atoms with E-state index in [0.717, 1.165) is 37.1 Å². The van der Waals surface area contributed by atoms with Crippen LogP contribution in [0.1, 0.15) is 36.5 Å². The molecular formula is C26H30N2O4. The highest BCUT2D eigenvalue weighted by Gasteiger charge is 2.43. The third-order valence-electron chi connectivity index (χ3n) is 6.65. The minimum atomic E-state index is -0.301. The Labute approximate surface area is 189 Å². The molecule has 2 aliphatic heterocycles. The molecule has 0 spiro atoms. The molecule has 2 aromatic rings. The summed E-state index contributed by atoms with van der Waals surface area (Å²) in [6.07, 6.45) is 1.99. The van der Waals surface area contributed by atoms with E-state index in [-0.39, 0.29) is 11.8 Å². The van der Waals surface area contributed by atoms with Crippen molar-refractivity contribution in [2.24, 2.45) is 5.92 Å². The summed E-state index contributed by atoms with van der Waals surface area (Å²) in [6, 6.07) is 11.1. The number of methoxy groups -OCH3 is 2. The highest BCUT2D eigenvalue weighted by atomic mass is 16.5. The van der Waals surface area contributed by atoms with Crippen LogP contribution in [0.5, 0.6) is 11.5 Å². The molecular weight excluding hydrogens is 404 g/mol. The third kappa shape index (κ3) is 3.64. The Bertz CT molecular complexity index is 1100. The van der Waals surface area contributed by atoms with Gasteiger partial charge in [-0.3, -0.25) is 9.59 Å². The summed E-state index contributed by atoms with van der Waals surface area (Å²) in [5, 5.41) is 0. The van der Waals surface area contributed by atoms with Crippen molar-refractivity contribution in [3.05, 3.63) is 58.8 Å². The summed E-state index contributed by atoms with van der Waals surface area (Å²) in [5.74, 6) is 1.15. The first-order valence-corrected chi connectivity index (χ1v) is 11.0. The molecule has 1 fully saturated rings. The number of carbonyl (C=O) groups is 2. The van der Waals surface area contributed by atoms with E-state index in [1.807, 2.05) is 38.1 Å². The van der Waals surface area contributed by atoms with E-state index in [1.54, 1.807) is 26.4 Å². The smallest absolute Gasteiger partial charge is 0.282 e. The molecule has 4 rings (SSSR count). The van der Waals surface area contributed by atoms with Gasteiger partial charge in [0.2, 0.25) is 0 Å². The molecule has 168 valence electrons. The fourth-order valence-electron chi connectivity index (χ4n) is 4.49. The van der Waals surface area contributed by atoms with E-state index in [9.17, 15) is 9.59 Å². The zero-order valence-electron chi connectivity index (χ0n) is 19.4. The van der Waals surface area contributed by atoms with Crippen LogP contribution in [0.2, 0.25) is 0 Å². The lowest BCUT2D eigenvalue weighted by molar-refractivity contribution is -0.120. The quantitative estimate of drug-likeness (QED) is 0.656. The predicted molar refractivity (Wildman–Crippen MR) is 125 cm³/mol. The molecule has 0 aliphatic carbocycles. The van der Waals surface area contributed by atoms with Gasteiger partial charge in [-0.25, -0.2) is 4.90 Å². The molecule has 0 N–H and O–H groups in total. The number of amides is 2. The second-order valence-electron chi connectivity index (χ2n) is 8.63. The van der Waals surface area contributed by atoms with Crippen molar-refractivity contribution in [1.82, 2.24) is 4.90 Å². The largest absolute Gasteiger partial charge is 0.493 e. The van der Waals surface area contributed by atoms with E-state index < -0.39 is 0 Å². The normalized spacial score (nSPS) is 17.4. The number of anilines is 1. The maximum Gasteiger partial charge on any atom is 0.282 e. The molecule has 0 bridgehead atoms. The Morgan fingerprint density at radius 1 is 0.906 bits per heavy atom. The molecule has 6 heteroatoms. The standard InChI is InChI=1S/C26H30N2O4/c1-16-11-13-27(14-12-16)24-23(19-9-10-21(31-4)22(15-19)32-5)25(29)28(26(24)30)20-8-6-7-17(2)18(20)3/h6-10,15-16H,11-14H2,1-5H3. The molecule has 2 aromatic carbocycles. The molecule has 0 radical (unpaired) electrons. The lowest BCUT2D eigenvalue weighted by atomic mass is 9.97. The van der Waals surface area contributed by atoms with Gasteiger partial charge in [-0.15, -0.1) is 0 Å². The van der Waals surface area contributed by atoms with E-state index in [0.29, 0.717) is 39.9 Å². The topological polar surface area (TPSA) is 59.1 Å². The molecule has 6 nitrogen and oxygen atoms in total. The van der Waals surface area contributed by atoms with Crippen LogP contribution >= 0.6 is 0 Å². The number of benzene rings is 2. The molecule has 2 aliphatic rings. The van der Waals surface area contributed by atoms with Gasteiger partial charge in [0.25, 0.3) is 11.8 Å². The van der Waals surface area contributed by atoms with Crippen LogP contribution < -0.4 is 14.4 Å². The van der Waals surface area contributed by atoms with E-state index in [4.69, 9.17) is 9.47 Å². The average molecular weight is 435 g/mol. The van der Waals surface area contributed by atoms with Gasteiger partial charge in [0.15, 0.2) is 11.5 Å². The minimum Gasteiger partial charge on any atom is -0.493 e. The zero-order valence-corrected chi connectivity index (χ0v) is 19.4. The van der Waals surface area contributed by atoms with Gasteiger partial charge in [-0.1, -0.05) is 25.1 Å². The van der Waals surface area contributed by atoms with Crippen molar-refractivity contribution in [2.45, 2.75) is 33.6 Å². The number of rotatable bonds is 5.